The molecule has 1 N–H and O–H groups in total. The second-order valence-electron chi connectivity index (χ2n) is 7.38. The molecule has 1 aromatic rings. The molecule has 2 aliphatic heterocycles. The largest absolute Gasteiger partial charge is 0.381 e. The van der Waals surface area contributed by atoms with Gasteiger partial charge in [0.25, 0.3) is 0 Å². The molecule has 1 aromatic heterocycles. The second kappa shape index (κ2) is 10.8. The van der Waals surface area contributed by atoms with Crippen molar-refractivity contribution in [3.8, 4) is 0 Å². The molecule has 2 saturated heterocycles. The van der Waals surface area contributed by atoms with Gasteiger partial charge in [0.15, 0.2) is 5.96 Å². The van der Waals surface area contributed by atoms with Gasteiger partial charge in [0.2, 0.25) is 11.8 Å². The van der Waals surface area contributed by atoms with Crippen molar-refractivity contribution in [1.29, 1.82) is 0 Å². The third-order valence-corrected chi connectivity index (χ3v) is 4.96. The predicted molar refractivity (Wildman–Crippen MR) is 120 cm³/mol. The molecule has 2 fully saturated rings. The summed E-state index contributed by atoms with van der Waals surface area (Å²) in [5, 5.41) is 7.48. The van der Waals surface area contributed by atoms with Crippen LogP contribution in [0, 0.1) is 5.92 Å². The third kappa shape index (κ3) is 6.29. The summed E-state index contributed by atoms with van der Waals surface area (Å²) < 4.78 is 7.10. The number of hydrogen-bond acceptors (Lipinski definition) is 5. The number of rotatable bonds is 5. The molecular formula is C18H30IN7O3. The summed E-state index contributed by atoms with van der Waals surface area (Å²) in [6.07, 6.45) is 4.53. The Bertz CT molecular complexity index is 731. The highest BCUT2D eigenvalue weighted by molar-refractivity contribution is 14.0. The minimum absolute atomic E-state index is 0. The first kappa shape index (κ1) is 23.4. The molecule has 3 heterocycles. The van der Waals surface area contributed by atoms with Crippen molar-refractivity contribution in [3.63, 3.8) is 0 Å². The SMILES string of the molecule is CN(C)C(=O)CN=C(NCC1CCOC1)N1CCN(c2cnn(C)c2)C(=O)C1.I. The van der Waals surface area contributed by atoms with Crippen LogP contribution in [-0.2, 0) is 21.4 Å². The second-order valence-corrected chi connectivity index (χ2v) is 7.38. The Kier molecular flexibility index (Phi) is 8.68. The lowest BCUT2D eigenvalue weighted by molar-refractivity contribution is -0.127. The van der Waals surface area contributed by atoms with Crippen molar-refractivity contribution in [2.24, 2.45) is 18.0 Å². The van der Waals surface area contributed by atoms with E-state index in [0.29, 0.717) is 31.5 Å². The first-order chi connectivity index (χ1) is 13.4. The van der Waals surface area contributed by atoms with Gasteiger partial charge in [-0.1, -0.05) is 0 Å². The first-order valence-corrected chi connectivity index (χ1v) is 9.54. The molecule has 29 heavy (non-hydrogen) atoms. The highest BCUT2D eigenvalue weighted by Crippen LogP contribution is 2.16. The normalized spacial score (nSPS) is 19.9. The van der Waals surface area contributed by atoms with Crippen molar-refractivity contribution in [3.05, 3.63) is 12.4 Å². The maximum absolute atomic E-state index is 12.7. The lowest BCUT2D eigenvalue weighted by Gasteiger charge is -2.35. The monoisotopic (exact) mass is 519 g/mol. The molecule has 2 aliphatic rings. The average molecular weight is 519 g/mol. The fourth-order valence-electron chi connectivity index (χ4n) is 3.21. The van der Waals surface area contributed by atoms with Crippen LogP contribution in [0.15, 0.2) is 17.4 Å². The van der Waals surface area contributed by atoms with Crippen LogP contribution in [-0.4, -0.2) is 97.4 Å². The van der Waals surface area contributed by atoms with Gasteiger partial charge in [-0.2, -0.15) is 5.10 Å². The number of likely N-dealkylation sites (N-methyl/N-ethyl adjacent to an activating group) is 1. The van der Waals surface area contributed by atoms with Gasteiger partial charge in [-0.3, -0.25) is 14.3 Å². The van der Waals surface area contributed by atoms with Crippen LogP contribution in [0.3, 0.4) is 0 Å². The summed E-state index contributed by atoms with van der Waals surface area (Å²) in [6, 6.07) is 0. The molecule has 1 unspecified atom stereocenters. The summed E-state index contributed by atoms with van der Waals surface area (Å²) >= 11 is 0. The van der Waals surface area contributed by atoms with E-state index in [4.69, 9.17) is 4.74 Å². The number of aromatic nitrogens is 2. The number of hydrogen-bond donors (Lipinski definition) is 1. The van der Waals surface area contributed by atoms with E-state index in [2.05, 4.69) is 15.4 Å². The van der Waals surface area contributed by atoms with Crippen molar-refractivity contribution in [1.82, 2.24) is 24.9 Å². The van der Waals surface area contributed by atoms with Crippen molar-refractivity contribution in [2.75, 3.05) is 64.9 Å². The maximum Gasteiger partial charge on any atom is 0.246 e. The standard InChI is InChI=1S/C18H29N7O3.HI/c1-22(2)16(26)10-20-18(19-8-14-4-7-28-13-14)24-5-6-25(17(27)12-24)15-9-21-23(3)11-15;/h9,11,14H,4-8,10,12-13H2,1-3H3,(H,19,20);1H. The molecule has 0 spiro atoms. The number of amides is 2. The molecule has 0 aromatic carbocycles. The number of ether oxygens (including phenoxy) is 1. The van der Waals surface area contributed by atoms with E-state index in [1.54, 1.807) is 29.9 Å². The van der Waals surface area contributed by atoms with Gasteiger partial charge in [-0.15, -0.1) is 24.0 Å². The molecule has 0 aliphatic carbocycles. The topological polar surface area (TPSA) is 95.3 Å². The van der Waals surface area contributed by atoms with E-state index in [1.807, 2.05) is 18.1 Å². The Balaban J connectivity index is 0.00000300. The molecule has 2 amide bonds. The van der Waals surface area contributed by atoms with E-state index in [1.165, 1.54) is 4.90 Å². The highest BCUT2D eigenvalue weighted by atomic mass is 127. The van der Waals surface area contributed by atoms with E-state index in [0.717, 1.165) is 25.3 Å². The van der Waals surface area contributed by atoms with Crippen LogP contribution in [0.5, 0.6) is 0 Å². The Morgan fingerprint density at radius 1 is 1.41 bits per heavy atom. The number of nitrogens with one attached hydrogen (secondary N) is 1. The number of aryl methyl sites for hydroxylation is 1. The molecule has 0 saturated carbocycles. The average Bonchev–Trinajstić information content (AvgIpc) is 3.33. The van der Waals surface area contributed by atoms with Gasteiger partial charge in [0, 0.05) is 59.5 Å². The zero-order chi connectivity index (χ0) is 20.1. The molecular weight excluding hydrogens is 489 g/mol. The van der Waals surface area contributed by atoms with Crippen LogP contribution in [0.4, 0.5) is 5.69 Å². The Hall–Kier alpha value is -1.89. The summed E-state index contributed by atoms with van der Waals surface area (Å²) in [6.45, 7) is 3.64. The number of guanidine groups is 1. The van der Waals surface area contributed by atoms with Gasteiger partial charge in [0.05, 0.1) is 18.5 Å². The third-order valence-electron chi connectivity index (χ3n) is 4.96. The number of carbonyl (C=O) groups is 2. The maximum atomic E-state index is 12.7. The zero-order valence-corrected chi connectivity index (χ0v) is 19.5. The van der Waals surface area contributed by atoms with Gasteiger partial charge < -0.3 is 24.8 Å². The summed E-state index contributed by atoms with van der Waals surface area (Å²) in [4.78, 5) is 34.3. The van der Waals surface area contributed by atoms with Crippen molar-refractivity contribution >= 4 is 47.4 Å². The molecule has 10 nitrogen and oxygen atoms in total. The summed E-state index contributed by atoms with van der Waals surface area (Å²) in [5.74, 6) is 0.920. The van der Waals surface area contributed by atoms with Crippen LogP contribution >= 0.6 is 24.0 Å². The Morgan fingerprint density at radius 3 is 2.79 bits per heavy atom. The highest BCUT2D eigenvalue weighted by Gasteiger charge is 2.28. The Labute approximate surface area is 188 Å². The van der Waals surface area contributed by atoms with E-state index < -0.39 is 0 Å². The first-order valence-electron chi connectivity index (χ1n) is 9.54. The summed E-state index contributed by atoms with van der Waals surface area (Å²) in [7, 11) is 5.24. The molecule has 0 bridgehead atoms. The number of halogens is 1. The fourth-order valence-corrected chi connectivity index (χ4v) is 3.21. The zero-order valence-electron chi connectivity index (χ0n) is 17.2. The van der Waals surface area contributed by atoms with Crippen LogP contribution in [0.2, 0.25) is 0 Å². The number of nitrogens with zero attached hydrogens (tertiary/aromatic N) is 6. The van der Waals surface area contributed by atoms with Crippen molar-refractivity contribution < 1.29 is 14.3 Å². The fraction of sp³-hybridized carbons (Fsp3) is 0.667. The van der Waals surface area contributed by atoms with E-state index in [-0.39, 0.29) is 48.9 Å². The predicted octanol–water partition coefficient (Wildman–Crippen LogP) is -0.243. The van der Waals surface area contributed by atoms with Gasteiger partial charge in [-0.25, -0.2) is 4.99 Å². The Morgan fingerprint density at radius 2 is 2.21 bits per heavy atom. The van der Waals surface area contributed by atoms with E-state index in [9.17, 15) is 9.59 Å². The van der Waals surface area contributed by atoms with Crippen LogP contribution in [0.25, 0.3) is 0 Å². The smallest absolute Gasteiger partial charge is 0.246 e. The molecule has 11 heteroatoms. The number of anilines is 1. The quantitative estimate of drug-likeness (QED) is 0.328. The lowest BCUT2D eigenvalue weighted by Crippen LogP contribution is -2.56. The molecule has 162 valence electrons. The lowest BCUT2D eigenvalue weighted by atomic mass is 10.1. The van der Waals surface area contributed by atoms with Gasteiger partial charge >= 0.3 is 0 Å². The van der Waals surface area contributed by atoms with Crippen molar-refractivity contribution in [2.45, 2.75) is 6.42 Å². The van der Waals surface area contributed by atoms with Crippen LogP contribution in [0.1, 0.15) is 6.42 Å². The number of carbonyl (C=O) groups excluding carboxylic acids is 2. The molecule has 3 rings (SSSR count). The number of aliphatic imine (C=N–C) groups is 1. The minimum Gasteiger partial charge on any atom is -0.381 e. The minimum atomic E-state index is -0.0798. The summed E-state index contributed by atoms with van der Waals surface area (Å²) in [5.41, 5.74) is 0.796. The molecule has 0 radical (unpaired) electrons. The van der Waals surface area contributed by atoms with Gasteiger partial charge in [0.1, 0.15) is 13.1 Å². The van der Waals surface area contributed by atoms with Gasteiger partial charge in [-0.05, 0) is 6.42 Å². The van der Waals surface area contributed by atoms with E-state index >= 15 is 0 Å². The number of piperazine rings is 1. The molecule has 1 atom stereocenters. The van der Waals surface area contributed by atoms with Crippen LogP contribution < -0.4 is 10.2 Å².